The van der Waals surface area contributed by atoms with Gasteiger partial charge in [0.2, 0.25) is 0 Å². The van der Waals surface area contributed by atoms with Gasteiger partial charge in [-0.25, -0.2) is 4.79 Å². The zero-order chi connectivity index (χ0) is 12.1. The van der Waals surface area contributed by atoms with Crippen LogP contribution < -0.4 is 10.6 Å². The topological polar surface area (TPSA) is 41.1 Å². The number of thiol groups is 1. The largest absolute Gasteiger partial charge is 0.335 e. The molecule has 4 heteroatoms. The number of benzene rings is 1. The zero-order valence-electron chi connectivity index (χ0n) is 9.78. The summed E-state index contributed by atoms with van der Waals surface area (Å²) in [6, 6.07) is 7.69. The van der Waals surface area contributed by atoms with Gasteiger partial charge in [0.1, 0.15) is 0 Å². The molecule has 0 radical (unpaired) electrons. The number of amides is 2. The van der Waals surface area contributed by atoms with Crippen molar-refractivity contribution < 1.29 is 4.79 Å². The first-order valence-electron chi connectivity index (χ1n) is 6.11. The minimum absolute atomic E-state index is 0.126. The van der Waals surface area contributed by atoms with Gasteiger partial charge in [-0.05, 0) is 25.0 Å². The van der Waals surface area contributed by atoms with Gasteiger partial charge in [0.15, 0.2) is 0 Å². The standard InChI is InChI=1S/C13H18N2OS/c16-13(14-10-6-2-1-3-7-10)15-11-8-4-5-9-12(11)17/h4-5,8-10,17H,1-3,6-7H2,(H2,14,15,16). The summed E-state index contributed by atoms with van der Waals surface area (Å²) < 4.78 is 0. The van der Waals surface area contributed by atoms with Crippen molar-refractivity contribution in [3.8, 4) is 0 Å². The summed E-state index contributed by atoms with van der Waals surface area (Å²) in [5.74, 6) is 0. The first-order chi connectivity index (χ1) is 8.25. The smallest absolute Gasteiger partial charge is 0.319 e. The van der Waals surface area contributed by atoms with E-state index in [1.54, 1.807) is 0 Å². The van der Waals surface area contributed by atoms with Gasteiger partial charge in [-0.1, -0.05) is 31.4 Å². The van der Waals surface area contributed by atoms with Crippen LogP contribution in [0, 0.1) is 0 Å². The van der Waals surface area contributed by atoms with Crippen LogP contribution in [0.1, 0.15) is 32.1 Å². The van der Waals surface area contributed by atoms with E-state index in [9.17, 15) is 4.79 Å². The Morgan fingerprint density at radius 2 is 1.88 bits per heavy atom. The molecule has 2 N–H and O–H groups in total. The zero-order valence-corrected chi connectivity index (χ0v) is 10.7. The highest BCUT2D eigenvalue weighted by Gasteiger charge is 2.15. The van der Waals surface area contributed by atoms with Crippen molar-refractivity contribution >= 4 is 24.3 Å². The molecule has 0 spiro atoms. The lowest BCUT2D eigenvalue weighted by atomic mass is 9.96. The number of urea groups is 1. The second-order valence-corrected chi connectivity index (χ2v) is 4.93. The Kier molecular flexibility index (Phi) is 4.31. The third-order valence-electron chi connectivity index (χ3n) is 3.09. The predicted octanol–water partition coefficient (Wildman–Crippen LogP) is 3.43. The molecule has 2 rings (SSSR count). The highest BCUT2D eigenvalue weighted by molar-refractivity contribution is 7.80. The van der Waals surface area contributed by atoms with Gasteiger partial charge < -0.3 is 10.6 Å². The highest BCUT2D eigenvalue weighted by Crippen LogP contribution is 2.20. The quantitative estimate of drug-likeness (QED) is 0.692. The third-order valence-corrected chi connectivity index (χ3v) is 3.48. The molecular formula is C13H18N2OS. The second kappa shape index (κ2) is 5.96. The molecule has 1 aromatic carbocycles. The Morgan fingerprint density at radius 1 is 1.18 bits per heavy atom. The van der Waals surface area contributed by atoms with E-state index < -0.39 is 0 Å². The maximum atomic E-state index is 11.8. The first-order valence-corrected chi connectivity index (χ1v) is 6.56. The van der Waals surface area contributed by atoms with Crippen molar-refractivity contribution in [2.75, 3.05) is 5.32 Å². The molecule has 0 aromatic heterocycles. The van der Waals surface area contributed by atoms with Crippen LogP contribution in [-0.2, 0) is 0 Å². The van der Waals surface area contributed by atoms with Gasteiger partial charge >= 0.3 is 6.03 Å². The van der Waals surface area contributed by atoms with Crippen LogP contribution in [0.4, 0.5) is 10.5 Å². The average Bonchev–Trinajstić information content (AvgIpc) is 2.33. The van der Waals surface area contributed by atoms with Crippen molar-refractivity contribution in [3.63, 3.8) is 0 Å². The Bertz CT molecular complexity index is 389. The molecule has 1 aromatic rings. The first kappa shape index (κ1) is 12.3. The minimum atomic E-state index is -0.126. The summed E-state index contributed by atoms with van der Waals surface area (Å²) in [5.41, 5.74) is 0.754. The van der Waals surface area contributed by atoms with E-state index in [1.807, 2.05) is 24.3 Å². The molecule has 92 valence electrons. The minimum Gasteiger partial charge on any atom is -0.335 e. The summed E-state index contributed by atoms with van der Waals surface area (Å²) in [6.45, 7) is 0. The Morgan fingerprint density at radius 3 is 2.59 bits per heavy atom. The van der Waals surface area contributed by atoms with E-state index in [1.165, 1.54) is 19.3 Å². The average molecular weight is 250 g/mol. The number of carbonyl (C=O) groups excluding carboxylic acids is 1. The maximum absolute atomic E-state index is 11.8. The van der Waals surface area contributed by atoms with E-state index in [4.69, 9.17) is 0 Å². The van der Waals surface area contributed by atoms with Gasteiger partial charge in [-0.2, -0.15) is 0 Å². The molecule has 1 saturated carbocycles. The molecule has 1 fully saturated rings. The summed E-state index contributed by atoms with van der Waals surface area (Å²) in [4.78, 5) is 12.6. The second-order valence-electron chi connectivity index (χ2n) is 4.45. The van der Waals surface area contributed by atoms with Crippen LogP contribution in [0.3, 0.4) is 0 Å². The van der Waals surface area contributed by atoms with Crippen LogP contribution in [0.2, 0.25) is 0 Å². The van der Waals surface area contributed by atoms with Gasteiger partial charge in [-0.15, -0.1) is 12.6 Å². The van der Waals surface area contributed by atoms with Crippen LogP contribution in [0.15, 0.2) is 29.2 Å². The van der Waals surface area contributed by atoms with Crippen LogP contribution in [0.25, 0.3) is 0 Å². The third kappa shape index (κ3) is 3.66. The molecule has 1 aliphatic carbocycles. The molecule has 17 heavy (non-hydrogen) atoms. The summed E-state index contributed by atoms with van der Waals surface area (Å²) in [5, 5.41) is 5.84. The lowest BCUT2D eigenvalue weighted by Crippen LogP contribution is -2.39. The van der Waals surface area contributed by atoms with Crippen molar-refractivity contribution in [2.45, 2.75) is 43.0 Å². The van der Waals surface area contributed by atoms with Gasteiger partial charge in [0, 0.05) is 10.9 Å². The van der Waals surface area contributed by atoms with Crippen molar-refractivity contribution in [1.29, 1.82) is 0 Å². The number of hydrogen-bond acceptors (Lipinski definition) is 2. The van der Waals surface area contributed by atoms with E-state index >= 15 is 0 Å². The lowest BCUT2D eigenvalue weighted by molar-refractivity contribution is 0.244. The fourth-order valence-electron chi connectivity index (χ4n) is 2.17. The maximum Gasteiger partial charge on any atom is 0.319 e. The van der Waals surface area contributed by atoms with Crippen LogP contribution in [-0.4, -0.2) is 12.1 Å². The number of para-hydroxylation sites is 1. The molecule has 0 heterocycles. The summed E-state index contributed by atoms with van der Waals surface area (Å²) in [7, 11) is 0. The molecule has 0 saturated heterocycles. The van der Waals surface area contributed by atoms with Gasteiger partial charge in [0.25, 0.3) is 0 Å². The molecule has 3 nitrogen and oxygen atoms in total. The molecule has 0 aliphatic heterocycles. The van der Waals surface area contributed by atoms with E-state index in [2.05, 4.69) is 23.3 Å². The molecule has 0 atom stereocenters. The predicted molar refractivity (Wildman–Crippen MR) is 72.7 cm³/mol. The van der Waals surface area contributed by atoms with Crippen molar-refractivity contribution in [2.24, 2.45) is 0 Å². The Hall–Kier alpha value is -1.16. The molecular weight excluding hydrogens is 232 g/mol. The fraction of sp³-hybridized carbons (Fsp3) is 0.462. The lowest BCUT2D eigenvalue weighted by Gasteiger charge is -2.23. The van der Waals surface area contributed by atoms with E-state index in [-0.39, 0.29) is 6.03 Å². The Labute approximate surface area is 107 Å². The van der Waals surface area contributed by atoms with Crippen molar-refractivity contribution in [3.05, 3.63) is 24.3 Å². The number of rotatable bonds is 2. The van der Waals surface area contributed by atoms with Crippen LogP contribution in [0.5, 0.6) is 0 Å². The monoisotopic (exact) mass is 250 g/mol. The van der Waals surface area contributed by atoms with E-state index in [0.717, 1.165) is 23.4 Å². The van der Waals surface area contributed by atoms with Gasteiger partial charge in [0.05, 0.1) is 5.69 Å². The van der Waals surface area contributed by atoms with E-state index in [0.29, 0.717) is 6.04 Å². The van der Waals surface area contributed by atoms with Gasteiger partial charge in [-0.3, -0.25) is 0 Å². The molecule has 1 aliphatic rings. The number of hydrogen-bond donors (Lipinski definition) is 3. The SMILES string of the molecule is O=C(Nc1ccccc1S)NC1CCCCC1. The Balaban J connectivity index is 1.86. The van der Waals surface area contributed by atoms with Crippen LogP contribution >= 0.6 is 12.6 Å². The number of anilines is 1. The molecule has 0 bridgehead atoms. The van der Waals surface area contributed by atoms with Crippen molar-refractivity contribution in [1.82, 2.24) is 5.32 Å². The molecule has 0 unspecified atom stereocenters. The fourth-order valence-corrected chi connectivity index (χ4v) is 2.39. The molecule has 2 amide bonds. The number of carbonyl (C=O) groups is 1. The normalized spacial score (nSPS) is 16.5. The summed E-state index contributed by atoms with van der Waals surface area (Å²) in [6.07, 6.45) is 5.91. The summed E-state index contributed by atoms with van der Waals surface area (Å²) >= 11 is 4.30. The highest BCUT2D eigenvalue weighted by atomic mass is 32.1. The number of nitrogens with one attached hydrogen (secondary N) is 2.